The molecule has 1 aromatic carbocycles. The van der Waals surface area contributed by atoms with Crippen LogP contribution in [0.5, 0.6) is 0 Å². The molecule has 1 aromatic rings. The van der Waals surface area contributed by atoms with Gasteiger partial charge in [-0.1, -0.05) is 0 Å². The Morgan fingerprint density at radius 1 is 1.28 bits per heavy atom. The monoisotopic (exact) mass is 250 g/mol. The molecule has 0 aliphatic heterocycles. The molecule has 1 aliphatic rings. The molecule has 2 nitrogen and oxygen atoms in total. The van der Waals surface area contributed by atoms with Gasteiger partial charge in [0.25, 0.3) is 0 Å². The average Bonchev–Trinajstić information content (AvgIpc) is 2.35. The van der Waals surface area contributed by atoms with E-state index in [1.807, 2.05) is 19.1 Å². The summed E-state index contributed by atoms with van der Waals surface area (Å²) in [4.78, 5) is 2.23. The first kappa shape index (κ1) is 13.3. The van der Waals surface area contributed by atoms with E-state index in [1.165, 1.54) is 12.8 Å². The van der Waals surface area contributed by atoms with Gasteiger partial charge in [0.05, 0.1) is 0 Å². The Morgan fingerprint density at radius 2 is 1.94 bits per heavy atom. The van der Waals surface area contributed by atoms with Gasteiger partial charge in [-0.25, -0.2) is 4.39 Å². The first-order valence-electron chi connectivity index (χ1n) is 6.79. The van der Waals surface area contributed by atoms with Gasteiger partial charge in [0.1, 0.15) is 5.82 Å². The van der Waals surface area contributed by atoms with Crippen molar-refractivity contribution < 1.29 is 4.39 Å². The molecular weight excluding hydrogens is 227 g/mol. The van der Waals surface area contributed by atoms with Gasteiger partial charge in [0, 0.05) is 25.3 Å². The summed E-state index contributed by atoms with van der Waals surface area (Å²) in [5.41, 5.74) is 7.73. The highest BCUT2D eigenvalue weighted by Crippen LogP contribution is 2.26. The number of nitrogens with zero attached hydrogens (tertiary/aromatic N) is 1. The summed E-state index contributed by atoms with van der Waals surface area (Å²) < 4.78 is 13.2. The van der Waals surface area contributed by atoms with Crippen LogP contribution in [0.15, 0.2) is 18.2 Å². The number of hydrogen-bond donors (Lipinski definition) is 1. The first-order valence-corrected chi connectivity index (χ1v) is 6.79. The van der Waals surface area contributed by atoms with E-state index in [9.17, 15) is 4.39 Å². The van der Waals surface area contributed by atoms with Crippen molar-refractivity contribution in [2.24, 2.45) is 11.7 Å². The van der Waals surface area contributed by atoms with Crippen LogP contribution in [-0.2, 0) is 0 Å². The van der Waals surface area contributed by atoms with Gasteiger partial charge in [-0.15, -0.1) is 0 Å². The van der Waals surface area contributed by atoms with Gasteiger partial charge < -0.3 is 10.6 Å². The maximum absolute atomic E-state index is 13.2. The molecule has 0 spiro atoms. The van der Waals surface area contributed by atoms with Crippen molar-refractivity contribution >= 4 is 5.69 Å². The minimum atomic E-state index is -0.129. The average molecular weight is 250 g/mol. The van der Waals surface area contributed by atoms with Crippen LogP contribution < -0.4 is 10.6 Å². The minimum absolute atomic E-state index is 0.129. The van der Waals surface area contributed by atoms with E-state index in [0.29, 0.717) is 11.6 Å². The van der Waals surface area contributed by atoms with E-state index >= 15 is 0 Å². The Hall–Kier alpha value is -1.09. The number of nitrogens with two attached hydrogens (primary N) is 1. The van der Waals surface area contributed by atoms with Crippen LogP contribution in [0.2, 0.25) is 0 Å². The van der Waals surface area contributed by atoms with Gasteiger partial charge in [0.2, 0.25) is 0 Å². The summed E-state index contributed by atoms with van der Waals surface area (Å²) in [6.45, 7) is 2.85. The molecule has 3 heteroatoms. The molecule has 1 fully saturated rings. The lowest BCUT2D eigenvalue weighted by Crippen LogP contribution is -2.32. The summed E-state index contributed by atoms with van der Waals surface area (Å²) in [5, 5.41) is 0. The molecule has 0 amide bonds. The van der Waals surface area contributed by atoms with E-state index in [2.05, 4.69) is 11.9 Å². The fraction of sp³-hybridized carbons (Fsp3) is 0.600. The van der Waals surface area contributed by atoms with Crippen LogP contribution in [0.3, 0.4) is 0 Å². The van der Waals surface area contributed by atoms with Crippen molar-refractivity contribution in [3.05, 3.63) is 29.6 Å². The fourth-order valence-electron chi connectivity index (χ4n) is 2.73. The molecule has 0 atom stereocenters. The maximum atomic E-state index is 13.2. The number of hydrogen-bond acceptors (Lipinski definition) is 2. The highest BCUT2D eigenvalue weighted by Gasteiger charge is 2.20. The van der Waals surface area contributed by atoms with Crippen LogP contribution >= 0.6 is 0 Å². The zero-order valence-corrected chi connectivity index (χ0v) is 11.3. The van der Waals surface area contributed by atoms with Crippen molar-refractivity contribution in [2.45, 2.75) is 38.6 Å². The van der Waals surface area contributed by atoms with Crippen LogP contribution in [-0.4, -0.2) is 19.6 Å². The Kier molecular flexibility index (Phi) is 4.23. The zero-order valence-electron chi connectivity index (χ0n) is 11.3. The molecule has 0 bridgehead atoms. The summed E-state index contributed by atoms with van der Waals surface area (Å²) >= 11 is 0. The number of rotatable bonds is 3. The minimum Gasteiger partial charge on any atom is -0.374 e. The van der Waals surface area contributed by atoms with Crippen molar-refractivity contribution in [1.82, 2.24) is 0 Å². The third-order valence-corrected chi connectivity index (χ3v) is 4.01. The topological polar surface area (TPSA) is 29.3 Å². The number of benzene rings is 1. The summed E-state index contributed by atoms with van der Waals surface area (Å²) in [7, 11) is 2.08. The Morgan fingerprint density at radius 3 is 2.56 bits per heavy atom. The van der Waals surface area contributed by atoms with E-state index < -0.39 is 0 Å². The van der Waals surface area contributed by atoms with Crippen molar-refractivity contribution in [3.63, 3.8) is 0 Å². The lowest BCUT2D eigenvalue weighted by molar-refractivity contribution is 0.330. The molecule has 2 N–H and O–H groups in total. The Bertz CT molecular complexity index is 397. The fourth-order valence-corrected chi connectivity index (χ4v) is 2.73. The van der Waals surface area contributed by atoms with E-state index in [0.717, 1.165) is 31.0 Å². The van der Waals surface area contributed by atoms with Crippen molar-refractivity contribution in [3.8, 4) is 0 Å². The SMILES string of the molecule is Cc1cc(N(C)CC2CCC(N)CC2)ccc1F. The van der Waals surface area contributed by atoms with E-state index in [1.54, 1.807) is 6.07 Å². The molecule has 100 valence electrons. The molecule has 0 aromatic heterocycles. The normalized spacial score (nSPS) is 24.0. The molecule has 0 saturated heterocycles. The van der Waals surface area contributed by atoms with Crippen LogP contribution in [0, 0.1) is 18.7 Å². The van der Waals surface area contributed by atoms with Crippen molar-refractivity contribution in [2.75, 3.05) is 18.5 Å². The number of halogens is 1. The van der Waals surface area contributed by atoms with Gasteiger partial charge in [-0.2, -0.15) is 0 Å². The summed E-state index contributed by atoms with van der Waals surface area (Å²) in [5.74, 6) is 0.593. The molecule has 18 heavy (non-hydrogen) atoms. The van der Waals surface area contributed by atoms with Gasteiger partial charge in [-0.05, 0) is 62.3 Å². The largest absolute Gasteiger partial charge is 0.374 e. The van der Waals surface area contributed by atoms with Crippen LogP contribution in [0.1, 0.15) is 31.2 Å². The highest BCUT2D eigenvalue weighted by atomic mass is 19.1. The summed E-state index contributed by atoms with van der Waals surface area (Å²) in [6, 6.07) is 5.73. The molecule has 1 aliphatic carbocycles. The molecule has 0 radical (unpaired) electrons. The first-order chi connectivity index (χ1) is 8.56. The zero-order chi connectivity index (χ0) is 13.1. The lowest BCUT2D eigenvalue weighted by Gasteiger charge is -2.30. The maximum Gasteiger partial charge on any atom is 0.126 e. The molecular formula is C15H23FN2. The third-order valence-electron chi connectivity index (χ3n) is 4.01. The standard InChI is InChI=1S/C15H23FN2/c1-11-9-14(7-8-15(11)16)18(2)10-12-3-5-13(17)6-4-12/h7-9,12-13H,3-6,10,17H2,1-2H3. The second-order valence-corrected chi connectivity index (χ2v) is 5.59. The predicted molar refractivity (Wildman–Crippen MR) is 74.3 cm³/mol. The van der Waals surface area contributed by atoms with E-state index in [-0.39, 0.29) is 5.82 Å². The van der Waals surface area contributed by atoms with Gasteiger partial charge in [-0.3, -0.25) is 0 Å². The van der Waals surface area contributed by atoms with Crippen molar-refractivity contribution in [1.29, 1.82) is 0 Å². The van der Waals surface area contributed by atoms with Crippen LogP contribution in [0.4, 0.5) is 10.1 Å². The lowest BCUT2D eigenvalue weighted by atomic mass is 9.86. The number of anilines is 1. The molecule has 1 saturated carbocycles. The summed E-state index contributed by atoms with van der Waals surface area (Å²) in [6.07, 6.45) is 4.71. The smallest absolute Gasteiger partial charge is 0.126 e. The Labute approximate surface area is 109 Å². The van der Waals surface area contributed by atoms with Gasteiger partial charge >= 0.3 is 0 Å². The van der Waals surface area contributed by atoms with Crippen LogP contribution in [0.25, 0.3) is 0 Å². The molecule has 0 unspecified atom stereocenters. The number of aryl methyl sites for hydroxylation is 1. The van der Waals surface area contributed by atoms with E-state index in [4.69, 9.17) is 5.73 Å². The predicted octanol–water partition coefficient (Wildman–Crippen LogP) is 3.09. The molecule has 2 rings (SSSR count). The Balaban J connectivity index is 1.94. The molecule has 0 heterocycles. The van der Waals surface area contributed by atoms with Gasteiger partial charge in [0.15, 0.2) is 0 Å². The third kappa shape index (κ3) is 3.22. The second-order valence-electron chi connectivity index (χ2n) is 5.59. The second kappa shape index (κ2) is 5.70. The highest BCUT2D eigenvalue weighted by molar-refractivity contribution is 5.48. The quantitative estimate of drug-likeness (QED) is 0.893.